The van der Waals surface area contributed by atoms with Gasteiger partial charge in [-0.1, -0.05) is 35.3 Å². The van der Waals surface area contributed by atoms with Gasteiger partial charge in [0.25, 0.3) is 17.5 Å². The zero-order chi connectivity index (χ0) is 22.9. The van der Waals surface area contributed by atoms with Gasteiger partial charge in [0.1, 0.15) is 10.9 Å². The SMILES string of the molecule is NC(=O)C(=O)[C@H](C(=O)C(=O)Nc1c(Cl)cc([N+](=O)[O-])cc1Cl)c1nc2ccccc2s1. The molecular formula is C18H10Cl2N4O6S. The highest BCUT2D eigenvalue weighted by Gasteiger charge is 2.38. The molecule has 0 aliphatic rings. The number of halogens is 2. The Kier molecular flexibility index (Phi) is 6.29. The number of Topliss-reactive ketones (excluding diaryl/α,β-unsaturated/α-hetero) is 2. The molecule has 0 saturated heterocycles. The summed E-state index contributed by atoms with van der Waals surface area (Å²) in [5.41, 5.74) is 4.80. The number of amides is 2. The molecule has 0 bridgehead atoms. The number of hydrogen-bond donors (Lipinski definition) is 2. The van der Waals surface area contributed by atoms with E-state index < -0.39 is 39.9 Å². The summed E-state index contributed by atoms with van der Waals surface area (Å²) in [6.07, 6.45) is 0. The molecule has 3 rings (SSSR count). The molecule has 0 aliphatic heterocycles. The molecule has 1 atom stereocenters. The average Bonchev–Trinajstić information content (AvgIpc) is 3.13. The number of para-hydroxylation sites is 1. The number of fused-ring (bicyclic) bond motifs is 1. The summed E-state index contributed by atoms with van der Waals surface area (Å²) in [4.78, 5) is 63.4. The molecule has 2 aromatic carbocycles. The first-order chi connectivity index (χ1) is 14.6. The van der Waals surface area contributed by atoms with Gasteiger partial charge in [0, 0.05) is 12.1 Å². The predicted octanol–water partition coefficient (Wildman–Crippen LogP) is 2.86. The first-order valence-corrected chi connectivity index (χ1v) is 9.85. The average molecular weight is 481 g/mol. The Morgan fingerprint density at radius 3 is 2.26 bits per heavy atom. The summed E-state index contributed by atoms with van der Waals surface area (Å²) in [6, 6.07) is 8.55. The zero-order valence-corrected chi connectivity index (χ0v) is 17.5. The normalized spacial score (nSPS) is 11.7. The summed E-state index contributed by atoms with van der Waals surface area (Å²) in [5.74, 6) is -7.27. The monoisotopic (exact) mass is 480 g/mol. The smallest absolute Gasteiger partial charge is 0.293 e. The van der Waals surface area contributed by atoms with Gasteiger partial charge in [0.2, 0.25) is 11.6 Å². The van der Waals surface area contributed by atoms with E-state index in [-0.39, 0.29) is 20.7 Å². The number of aromatic nitrogens is 1. The second kappa shape index (κ2) is 8.76. The lowest BCUT2D eigenvalue weighted by Crippen LogP contribution is -2.38. The van der Waals surface area contributed by atoms with Crippen molar-refractivity contribution in [3.05, 3.63) is 61.6 Å². The van der Waals surface area contributed by atoms with Gasteiger partial charge in [-0.15, -0.1) is 11.3 Å². The van der Waals surface area contributed by atoms with Crippen molar-refractivity contribution in [1.29, 1.82) is 0 Å². The van der Waals surface area contributed by atoms with Crippen molar-refractivity contribution < 1.29 is 24.1 Å². The van der Waals surface area contributed by atoms with Crippen LogP contribution in [0.15, 0.2) is 36.4 Å². The molecule has 0 aliphatic carbocycles. The molecule has 31 heavy (non-hydrogen) atoms. The van der Waals surface area contributed by atoms with Crippen molar-refractivity contribution in [2.75, 3.05) is 5.32 Å². The maximum Gasteiger partial charge on any atom is 0.293 e. The van der Waals surface area contributed by atoms with Crippen molar-refractivity contribution >= 4 is 79.5 Å². The lowest BCUT2D eigenvalue weighted by molar-refractivity contribution is -0.384. The van der Waals surface area contributed by atoms with Crippen LogP contribution in [0, 0.1) is 10.1 Å². The third-order valence-electron chi connectivity index (χ3n) is 4.02. The van der Waals surface area contributed by atoms with Gasteiger partial charge in [-0.25, -0.2) is 4.98 Å². The molecule has 10 nitrogen and oxygen atoms in total. The second-order valence-corrected chi connectivity index (χ2v) is 7.92. The van der Waals surface area contributed by atoms with Crippen molar-refractivity contribution in [1.82, 2.24) is 4.98 Å². The molecule has 3 N–H and O–H groups in total. The Hall–Kier alpha value is -3.41. The molecule has 1 aromatic heterocycles. The fourth-order valence-corrected chi connectivity index (χ4v) is 4.23. The van der Waals surface area contributed by atoms with E-state index in [0.29, 0.717) is 10.2 Å². The third-order valence-corrected chi connectivity index (χ3v) is 5.72. The number of nitro groups is 1. The van der Waals surface area contributed by atoms with Gasteiger partial charge in [-0.3, -0.25) is 29.3 Å². The number of ketones is 2. The maximum absolute atomic E-state index is 12.8. The number of nitrogens with one attached hydrogen (secondary N) is 1. The Morgan fingerprint density at radius 1 is 1.10 bits per heavy atom. The first kappa shape index (κ1) is 22.3. The number of nitrogens with zero attached hydrogens (tertiary/aromatic N) is 2. The van der Waals surface area contributed by atoms with Crippen LogP contribution < -0.4 is 11.1 Å². The number of thiazole rings is 1. The Bertz CT molecular complexity index is 1220. The minimum Gasteiger partial charge on any atom is -0.363 e. The van der Waals surface area contributed by atoms with Gasteiger partial charge in [-0.05, 0) is 12.1 Å². The molecule has 13 heteroatoms. The van der Waals surface area contributed by atoms with E-state index in [4.69, 9.17) is 28.9 Å². The zero-order valence-electron chi connectivity index (χ0n) is 15.1. The van der Waals surface area contributed by atoms with E-state index in [9.17, 15) is 29.3 Å². The van der Waals surface area contributed by atoms with Crippen LogP contribution in [-0.2, 0) is 19.2 Å². The van der Waals surface area contributed by atoms with Crippen LogP contribution >= 0.6 is 34.5 Å². The molecule has 0 saturated carbocycles. The number of nitrogens with two attached hydrogens (primary N) is 1. The first-order valence-electron chi connectivity index (χ1n) is 8.28. The van der Waals surface area contributed by atoms with Crippen LogP contribution in [0.3, 0.4) is 0 Å². The van der Waals surface area contributed by atoms with Crippen molar-refractivity contribution in [2.45, 2.75) is 5.92 Å². The summed E-state index contributed by atoms with van der Waals surface area (Å²) in [5, 5.41) is 12.3. The molecule has 1 heterocycles. The summed E-state index contributed by atoms with van der Waals surface area (Å²) in [6.45, 7) is 0. The lowest BCUT2D eigenvalue weighted by atomic mass is 9.98. The fourth-order valence-electron chi connectivity index (χ4n) is 2.59. The van der Waals surface area contributed by atoms with Gasteiger partial charge >= 0.3 is 0 Å². The standard InChI is InChI=1S/C18H10Cl2N4O6S/c19-8-5-7(24(29)30)6-9(20)13(8)23-17(28)15(26)12(14(25)16(21)27)18-22-10-3-1-2-4-11(10)31-18/h1-6,12H,(H2,21,27)(H,23,28)/t12-/m1/s1. The van der Waals surface area contributed by atoms with Crippen molar-refractivity contribution in [2.24, 2.45) is 5.73 Å². The van der Waals surface area contributed by atoms with Gasteiger partial charge in [-0.2, -0.15) is 0 Å². The van der Waals surface area contributed by atoms with E-state index >= 15 is 0 Å². The quantitative estimate of drug-likeness (QED) is 0.227. The van der Waals surface area contributed by atoms with E-state index in [0.717, 1.165) is 23.5 Å². The highest BCUT2D eigenvalue weighted by atomic mass is 35.5. The van der Waals surface area contributed by atoms with Gasteiger partial charge in [0.05, 0.1) is 30.9 Å². The number of rotatable bonds is 7. The van der Waals surface area contributed by atoms with Crippen LogP contribution in [0.2, 0.25) is 10.0 Å². The topological polar surface area (TPSA) is 162 Å². The number of anilines is 1. The van der Waals surface area contributed by atoms with Crippen LogP contribution in [0.4, 0.5) is 11.4 Å². The van der Waals surface area contributed by atoms with Crippen LogP contribution in [0.1, 0.15) is 10.9 Å². The molecule has 158 valence electrons. The molecule has 2 amide bonds. The van der Waals surface area contributed by atoms with E-state index in [1.54, 1.807) is 24.3 Å². The van der Waals surface area contributed by atoms with E-state index in [1.165, 1.54) is 0 Å². The molecule has 0 unspecified atom stereocenters. The Balaban J connectivity index is 1.96. The maximum atomic E-state index is 12.8. The Morgan fingerprint density at radius 2 is 1.71 bits per heavy atom. The molecule has 0 radical (unpaired) electrons. The molecular weight excluding hydrogens is 471 g/mol. The fraction of sp³-hybridized carbons (Fsp3) is 0.0556. The van der Waals surface area contributed by atoms with E-state index in [1.807, 2.05) is 0 Å². The number of hydrogen-bond acceptors (Lipinski definition) is 8. The van der Waals surface area contributed by atoms with Crippen LogP contribution in [-0.4, -0.2) is 33.3 Å². The summed E-state index contributed by atoms with van der Waals surface area (Å²) >= 11 is 12.8. The highest BCUT2D eigenvalue weighted by Crippen LogP contribution is 2.35. The van der Waals surface area contributed by atoms with Crippen LogP contribution in [0.25, 0.3) is 10.2 Å². The molecule has 0 fully saturated rings. The van der Waals surface area contributed by atoms with Gasteiger partial charge < -0.3 is 11.1 Å². The number of nitro benzene ring substituents is 1. The molecule has 0 spiro atoms. The summed E-state index contributed by atoms with van der Waals surface area (Å²) < 4.78 is 0.620. The summed E-state index contributed by atoms with van der Waals surface area (Å²) in [7, 11) is 0. The highest BCUT2D eigenvalue weighted by molar-refractivity contribution is 7.19. The van der Waals surface area contributed by atoms with Crippen molar-refractivity contribution in [3.8, 4) is 0 Å². The Labute approximate surface area is 187 Å². The van der Waals surface area contributed by atoms with Crippen molar-refractivity contribution in [3.63, 3.8) is 0 Å². The number of carbonyl (C=O) groups is 4. The minimum atomic E-state index is -1.87. The van der Waals surface area contributed by atoms with Crippen LogP contribution in [0.5, 0.6) is 0 Å². The number of benzene rings is 2. The second-order valence-electron chi connectivity index (χ2n) is 6.04. The number of non-ortho nitro benzene ring substituents is 1. The minimum absolute atomic E-state index is 0.0916. The molecule has 3 aromatic rings. The number of carbonyl (C=O) groups excluding carboxylic acids is 4. The largest absolute Gasteiger partial charge is 0.363 e. The van der Waals surface area contributed by atoms with E-state index in [2.05, 4.69) is 10.3 Å². The number of primary amides is 1. The lowest BCUT2D eigenvalue weighted by Gasteiger charge is -2.12. The van der Waals surface area contributed by atoms with Gasteiger partial charge in [0.15, 0.2) is 0 Å². The predicted molar refractivity (Wildman–Crippen MR) is 113 cm³/mol. The third kappa shape index (κ3) is 4.53.